The molecule has 1 fully saturated rings. The van der Waals surface area contributed by atoms with E-state index in [1.54, 1.807) is 42.5 Å². The number of benzene rings is 3. The third kappa shape index (κ3) is 3.76. The van der Waals surface area contributed by atoms with Crippen LogP contribution in [0.1, 0.15) is 44.3 Å². The molecule has 1 aliphatic carbocycles. The standard InChI is InChI=1S/C28H20N2O4S/c1-16(2)29(3)18-10-8-17(9-11-18)14-24-27(33)30(28(35)34-24)19-12-13-22-23(15-19)26(32)21-7-5-4-6-20(21)25(22)31/h4-15H,1H2,2-3H3/b24-14+. The van der Waals surface area contributed by atoms with E-state index < -0.39 is 5.91 Å². The van der Waals surface area contributed by atoms with Crippen molar-refractivity contribution in [2.75, 3.05) is 16.8 Å². The van der Waals surface area contributed by atoms with Gasteiger partial charge in [-0.1, -0.05) is 43.0 Å². The van der Waals surface area contributed by atoms with Crippen LogP contribution in [0, 0.1) is 0 Å². The average molecular weight is 481 g/mol. The van der Waals surface area contributed by atoms with Crippen LogP contribution in [0.4, 0.5) is 11.4 Å². The summed E-state index contributed by atoms with van der Waals surface area (Å²) in [7, 11) is 1.92. The second-order valence-corrected chi connectivity index (χ2v) is 8.69. The van der Waals surface area contributed by atoms with E-state index in [1.807, 2.05) is 43.1 Å². The van der Waals surface area contributed by atoms with Crippen molar-refractivity contribution in [3.63, 3.8) is 0 Å². The molecule has 3 aromatic rings. The number of anilines is 2. The van der Waals surface area contributed by atoms with Gasteiger partial charge < -0.3 is 9.64 Å². The van der Waals surface area contributed by atoms with E-state index in [4.69, 9.17) is 17.0 Å². The van der Waals surface area contributed by atoms with Gasteiger partial charge in [-0.05, 0) is 61.1 Å². The maximum absolute atomic E-state index is 13.2. The van der Waals surface area contributed by atoms with Gasteiger partial charge in [-0.2, -0.15) is 0 Å². The van der Waals surface area contributed by atoms with Crippen LogP contribution in [0.5, 0.6) is 0 Å². The van der Waals surface area contributed by atoms with Crippen molar-refractivity contribution < 1.29 is 19.1 Å². The first-order chi connectivity index (χ1) is 16.8. The van der Waals surface area contributed by atoms with Crippen LogP contribution >= 0.6 is 12.2 Å². The molecule has 0 radical (unpaired) electrons. The van der Waals surface area contributed by atoms with Gasteiger partial charge in [-0.3, -0.25) is 14.4 Å². The largest absolute Gasteiger partial charge is 0.425 e. The summed E-state index contributed by atoms with van der Waals surface area (Å²) < 4.78 is 5.60. The topological polar surface area (TPSA) is 66.9 Å². The van der Waals surface area contributed by atoms with E-state index in [1.165, 1.54) is 11.0 Å². The predicted molar refractivity (Wildman–Crippen MR) is 139 cm³/mol. The lowest BCUT2D eigenvalue weighted by Crippen LogP contribution is -2.29. The monoisotopic (exact) mass is 480 g/mol. The maximum Gasteiger partial charge on any atom is 0.301 e. The number of hydrogen-bond donors (Lipinski definition) is 0. The van der Waals surface area contributed by atoms with E-state index >= 15 is 0 Å². The number of ether oxygens (including phenoxy) is 1. The Morgan fingerprint density at radius 1 is 0.914 bits per heavy atom. The van der Waals surface area contributed by atoms with Crippen molar-refractivity contribution in [1.29, 1.82) is 0 Å². The highest BCUT2D eigenvalue weighted by molar-refractivity contribution is 7.80. The highest BCUT2D eigenvalue weighted by Crippen LogP contribution is 2.33. The van der Waals surface area contributed by atoms with Crippen molar-refractivity contribution in [3.05, 3.63) is 113 Å². The molecule has 35 heavy (non-hydrogen) atoms. The van der Waals surface area contributed by atoms with Gasteiger partial charge in [0, 0.05) is 40.7 Å². The summed E-state index contributed by atoms with van der Waals surface area (Å²) in [6, 6.07) is 18.9. The van der Waals surface area contributed by atoms with Crippen molar-refractivity contribution >= 4 is 52.3 Å². The molecule has 0 atom stereocenters. The van der Waals surface area contributed by atoms with Crippen LogP contribution in [0.15, 0.2) is 84.8 Å². The molecule has 0 saturated carbocycles. The molecular weight excluding hydrogens is 460 g/mol. The van der Waals surface area contributed by atoms with Crippen molar-refractivity contribution in [2.45, 2.75) is 6.92 Å². The van der Waals surface area contributed by atoms with Gasteiger partial charge in [-0.15, -0.1) is 0 Å². The summed E-state index contributed by atoms with van der Waals surface area (Å²) in [6.45, 7) is 5.85. The molecule has 1 heterocycles. The van der Waals surface area contributed by atoms with Crippen molar-refractivity contribution in [1.82, 2.24) is 0 Å². The number of carbonyl (C=O) groups is 3. The lowest BCUT2D eigenvalue weighted by Gasteiger charge is -2.20. The molecule has 5 rings (SSSR count). The maximum atomic E-state index is 13.2. The summed E-state index contributed by atoms with van der Waals surface area (Å²) in [4.78, 5) is 42.3. The molecule has 6 nitrogen and oxygen atoms in total. The van der Waals surface area contributed by atoms with Crippen LogP contribution in [0.2, 0.25) is 0 Å². The Bertz CT molecular complexity index is 1490. The smallest absolute Gasteiger partial charge is 0.301 e. The third-order valence-corrected chi connectivity index (χ3v) is 6.38. The fraction of sp³-hybridized carbons (Fsp3) is 0.0714. The van der Waals surface area contributed by atoms with Gasteiger partial charge in [0.25, 0.3) is 5.17 Å². The van der Waals surface area contributed by atoms with Gasteiger partial charge in [0.15, 0.2) is 17.3 Å². The molecule has 0 bridgehead atoms. The first-order valence-corrected chi connectivity index (χ1v) is 11.3. The second kappa shape index (κ2) is 8.45. The zero-order valence-electron chi connectivity index (χ0n) is 19.1. The normalized spacial score (nSPS) is 15.7. The first kappa shape index (κ1) is 22.4. The van der Waals surface area contributed by atoms with Crippen LogP contribution in [-0.4, -0.2) is 29.7 Å². The number of carbonyl (C=O) groups excluding carboxylic acids is 3. The summed E-state index contributed by atoms with van der Waals surface area (Å²) in [5.41, 5.74) is 4.24. The number of hydrogen-bond acceptors (Lipinski definition) is 6. The molecule has 1 saturated heterocycles. The minimum absolute atomic E-state index is 0.0465. The van der Waals surface area contributed by atoms with Gasteiger partial charge >= 0.3 is 5.91 Å². The predicted octanol–water partition coefficient (Wildman–Crippen LogP) is 5.12. The molecule has 1 aliphatic heterocycles. The lowest BCUT2D eigenvalue weighted by molar-refractivity contribution is -0.114. The Hall–Kier alpha value is -4.36. The lowest BCUT2D eigenvalue weighted by atomic mass is 9.84. The second-order valence-electron chi connectivity index (χ2n) is 8.34. The number of rotatable bonds is 4. The molecule has 2 aliphatic rings. The van der Waals surface area contributed by atoms with Crippen LogP contribution in [0.3, 0.4) is 0 Å². The molecule has 0 N–H and O–H groups in total. The number of allylic oxidation sites excluding steroid dienone is 1. The number of fused-ring (bicyclic) bond motifs is 2. The van der Waals surface area contributed by atoms with E-state index in [2.05, 4.69) is 6.58 Å². The number of thiocarbonyl (C=S) groups is 1. The Morgan fingerprint density at radius 3 is 2.14 bits per heavy atom. The molecule has 7 heteroatoms. The Kier molecular flexibility index (Phi) is 5.42. The van der Waals surface area contributed by atoms with Gasteiger partial charge in [0.05, 0.1) is 5.69 Å². The minimum Gasteiger partial charge on any atom is -0.425 e. The van der Waals surface area contributed by atoms with Crippen LogP contribution in [0.25, 0.3) is 6.08 Å². The zero-order chi connectivity index (χ0) is 24.9. The van der Waals surface area contributed by atoms with E-state index in [0.717, 1.165) is 16.9 Å². The molecule has 172 valence electrons. The summed E-state index contributed by atoms with van der Waals surface area (Å²) >= 11 is 5.32. The number of amides is 1. The molecular formula is C28H20N2O4S. The van der Waals surface area contributed by atoms with Crippen LogP contribution < -0.4 is 9.80 Å². The highest BCUT2D eigenvalue weighted by Gasteiger charge is 2.37. The van der Waals surface area contributed by atoms with E-state index in [0.29, 0.717) is 22.4 Å². The Labute approximate surface area is 207 Å². The summed E-state index contributed by atoms with van der Waals surface area (Å²) in [6.07, 6.45) is 1.61. The highest BCUT2D eigenvalue weighted by atomic mass is 32.1. The fourth-order valence-electron chi connectivity index (χ4n) is 4.08. The molecule has 0 unspecified atom stereocenters. The molecule has 0 aromatic heterocycles. The first-order valence-electron chi connectivity index (χ1n) is 10.9. The van der Waals surface area contributed by atoms with E-state index in [-0.39, 0.29) is 28.1 Å². The van der Waals surface area contributed by atoms with E-state index in [9.17, 15) is 14.4 Å². The molecule has 0 spiro atoms. The Balaban J connectivity index is 1.45. The van der Waals surface area contributed by atoms with Crippen LogP contribution in [-0.2, 0) is 9.53 Å². The van der Waals surface area contributed by atoms with Gasteiger partial charge in [0.2, 0.25) is 0 Å². The summed E-state index contributed by atoms with van der Waals surface area (Å²) in [5, 5.41) is -0.0465. The fourth-order valence-corrected chi connectivity index (χ4v) is 4.36. The minimum atomic E-state index is -0.451. The third-order valence-electron chi connectivity index (χ3n) is 6.11. The number of ketones is 2. The number of nitrogens with zero attached hydrogens (tertiary/aromatic N) is 2. The molecule has 1 amide bonds. The van der Waals surface area contributed by atoms with Crippen molar-refractivity contribution in [2.24, 2.45) is 0 Å². The Morgan fingerprint density at radius 2 is 1.51 bits per heavy atom. The SMILES string of the molecule is C=C(C)N(C)c1ccc(/C=C2/OC(=S)N(c3ccc4c(c3)C(=O)c3ccccc3C4=O)C2=O)cc1. The molecule has 3 aromatic carbocycles. The summed E-state index contributed by atoms with van der Waals surface area (Å²) in [5.74, 6) is -0.879. The quantitative estimate of drug-likeness (QED) is 0.298. The van der Waals surface area contributed by atoms with Gasteiger partial charge in [-0.25, -0.2) is 4.90 Å². The van der Waals surface area contributed by atoms with Gasteiger partial charge in [0.1, 0.15) is 0 Å². The van der Waals surface area contributed by atoms with Crippen molar-refractivity contribution in [3.8, 4) is 0 Å². The average Bonchev–Trinajstić information content (AvgIpc) is 3.14. The zero-order valence-corrected chi connectivity index (χ0v) is 19.9.